The molecule has 0 fully saturated rings. The van der Waals surface area contributed by atoms with Crippen molar-refractivity contribution in [2.75, 3.05) is 6.54 Å². The average molecular weight is 232 g/mol. The van der Waals surface area contributed by atoms with Crippen molar-refractivity contribution in [1.29, 1.82) is 0 Å². The van der Waals surface area contributed by atoms with Crippen molar-refractivity contribution in [2.45, 2.75) is 39.8 Å². The molecule has 0 aliphatic carbocycles. The van der Waals surface area contributed by atoms with Gasteiger partial charge in [-0.2, -0.15) is 0 Å². The molecule has 0 bridgehead atoms. The molecule has 0 radical (unpaired) electrons. The fourth-order valence-electron chi connectivity index (χ4n) is 2.30. The highest BCUT2D eigenvalue weighted by molar-refractivity contribution is 5.72. The molecule has 17 heavy (non-hydrogen) atoms. The second-order valence-corrected chi connectivity index (χ2v) is 4.40. The minimum Gasteiger partial charge on any atom is -0.330 e. The van der Waals surface area contributed by atoms with Crippen LogP contribution in [0.2, 0.25) is 0 Å². The Hall–Kier alpha value is -1.35. The largest absolute Gasteiger partial charge is 0.330 e. The summed E-state index contributed by atoms with van der Waals surface area (Å²) >= 11 is 0. The van der Waals surface area contributed by atoms with Crippen LogP contribution in [0.25, 0.3) is 11.0 Å². The van der Waals surface area contributed by atoms with Gasteiger partial charge in [0.25, 0.3) is 0 Å². The first-order chi connectivity index (χ1) is 8.30. The summed E-state index contributed by atoms with van der Waals surface area (Å²) in [6.45, 7) is 7.17. The third kappa shape index (κ3) is 2.34. The van der Waals surface area contributed by atoms with Crippen LogP contribution in [-0.4, -0.2) is 11.1 Å². The van der Waals surface area contributed by atoms with Gasteiger partial charge in [0.15, 0.2) is 11.0 Å². The molecule has 2 aromatic rings. The van der Waals surface area contributed by atoms with Gasteiger partial charge in [-0.25, -0.2) is 9.13 Å². The van der Waals surface area contributed by atoms with Gasteiger partial charge >= 0.3 is 0 Å². The summed E-state index contributed by atoms with van der Waals surface area (Å²) in [7, 11) is 0. The molecule has 1 aromatic carbocycles. The van der Waals surface area contributed by atoms with E-state index in [0.29, 0.717) is 0 Å². The van der Waals surface area contributed by atoms with Crippen molar-refractivity contribution in [1.82, 2.24) is 4.57 Å². The summed E-state index contributed by atoms with van der Waals surface area (Å²) < 4.78 is 4.61. The molecule has 0 spiro atoms. The molecule has 0 atom stereocenters. The number of hydrogen-bond donors (Lipinski definition) is 1. The maximum atomic E-state index is 5.56. The van der Waals surface area contributed by atoms with Gasteiger partial charge in [-0.15, -0.1) is 0 Å². The van der Waals surface area contributed by atoms with Gasteiger partial charge in [-0.1, -0.05) is 6.07 Å². The number of imidazole rings is 1. The van der Waals surface area contributed by atoms with Crippen LogP contribution in [0.1, 0.15) is 25.8 Å². The predicted octanol–water partition coefficient (Wildman–Crippen LogP) is 1.86. The first kappa shape index (κ1) is 12.1. The molecule has 1 aromatic heterocycles. The molecule has 0 unspecified atom stereocenters. The fraction of sp³-hybridized carbons (Fsp3) is 0.500. The zero-order valence-electron chi connectivity index (χ0n) is 10.8. The highest BCUT2D eigenvalue weighted by Gasteiger charge is 2.13. The number of aromatic nitrogens is 2. The van der Waals surface area contributed by atoms with E-state index in [1.54, 1.807) is 0 Å². The lowest BCUT2D eigenvalue weighted by Gasteiger charge is -1.99. The second-order valence-electron chi connectivity index (χ2n) is 4.40. The number of benzene rings is 1. The molecule has 0 aliphatic rings. The van der Waals surface area contributed by atoms with Crippen molar-refractivity contribution in [2.24, 2.45) is 5.73 Å². The quantitative estimate of drug-likeness (QED) is 0.785. The Bertz CT molecular complexity index is 499. The van der Waals surface area contributed by atoms with E-state index in [2.05, 4.69) is 47.5 Å². The van der Waals surface area contributed by atoms with E-state index in [1.807, 2.05) is 0 Å². The fourth-order valence-corrected chi connectivity index (χ4v) is 2.30. The van der Waals surface area contributed by atoms with Crippen LogP contribution in [0, 0.1) is 0 Å². The van der Waals surface area contributed by atoms with Gasteiger partial charge < -0.3 is 5.73 Å². The van der Waals surface area contributed by atoms with Gasteiger partial charge in [-0.05, 0) is 50.9 Å². The summed E-state index contributed by atoms with van der Waals surface area (Å²) in [6.07, 6.45) is 4.34. The minimum absolute atomic E-state index is 0.766. The van der Waals surface area contributed by atoms with Crippen LogP contribution in [0.4, 0.5) is 0 Å². The molecule has 92 valence electrons. The summed E-state index contributed by atoms with van der Waals surface area (Å²) in [5.74, 6) is 0. The Morgan fingerprint density at radius 2 is 2.12 bits per heavy atom. The van der Waals surface area contributed by atoms with Crippen molar-refractivity contribution < 1.29 is 4.57 Å². The van der Waals surface area contributed by atoms with Crippen LogP contribution >= 0.6 is 0 Å². The highest BCUT2D eigenvalue weighted by atomic mass is 15.1. The zero-order chi connectivity index (χ0) is 12.3. The second kappa shape index (κ2) is 5.32. The van der Waals surface area contributed by atoms with Gasteiger partial charge in [0, 0.05) is 0 Å². The topological polar surface area (TPSA) is 34.8 Å². The molecule has 0 amide bonds. The van der Waals surface area contributed by atoms with E-state index in [1.165, 1.54) is 16.6 Å². The number of aryl methyl sites for hydroxylation is 3. The Kier molecular flexibility index (Phi) is 3.79. The van der Waals surface area contributed by atoms with Crippen LogP contribution < -0.4 is 10.3 Å². The monoisotopic (exact) mass is 232 g/mol. The average Bonchev–Trinajstić information content (AvgIpc) is 2.73. The summed E-state index contributed by atoms with van der Waals surface area (Å²) in [4.78, 5) is 0. The number of hydrogen-bond acceptors (Lipinski definition) is 1. The molecule has 3 heteroatoms. The van der Waals surface area contributed by atoms with Gasteiger partial charge in [0.2, 0.25) is 6.33 Å². The van der Waals surface area contributed by atoms with E-state index in [4.69, 9.17) is 5.73 Å². The lowest BCUT2D eigenvalue weighted by molar-refractivity contribution is -0.668. The van der Waals surface area contributed by atoms with Gasteiger partial charge in [-0.3, -0.25) is 0 Å². The van der Waals surface area contributed by atoms with E-state index >= 15 is 0 Å². The maximum Gasteiger partial charge on any atom is 0.244 e. The summed E-state index contributed by atoms with van der Waals surface area (Å²) in [5.41, 5.74) is 9.61. The molecule has 0 saturated carbocycles. The van der Waals surface area contributed by atoms with E-state index < -0.39 is 0 Å². The molecule has 0 aliphatic heterocycles. The van der Waals surface area contributed by atoms with Gasteiger partial charge in [0.1, 0.15) is 0 Å². The van der Waals surface area contributed by atoms with Crippen LogP contribution in [0.5, 0.6) is 0 Å². The lowest BCUT2D eigenvalue weighted by Crippen LogP contribution is -2.30. The van der Waals surface area contributed by atoms with Crippen molar-refractivity contribution in [3.8, 4) is 0 Å². The Labute approximate surface area is 103 Å². The highest BCUT2D eigenvalue weighted by Crippen LogP contribution is 2.15. The first-order valence-electron chi connectivity index (χ1n) is 6.51. The third-order valence-electron chi connectivity index (χ3n) is 3.29. The number of rotatable bonds is 5. The predicted molar refractivity (Wildman–Crippen MR) is 70.9 cm³/mol. The Morgan fingerprint density at radius 3 is 2.76 bits per heavy atom. The van der Waals surface area contributed by atoms with Crippen LogP contribution in [0.3, 0.4) is 0 Å². The summed E-state index contributed by atoms with van der Waals surface area (Å²) in [5, 5.41) is 0. The van der Waals surface area contributed by atoms with E-state index in [-0.39, 0.29) is 0 Å². The number of fused-ring (bicyclic) bond motifs is 1. The minimum atomic E-state index is 0.766. The van der Waals surface area contributed by atoms with Crippen molar-refractivity contribution in [3.63, 3.8) is 0 Å². The molecule has 0 saturated heterocycles. The van der Waals surface area contributed by atoms with Crippen molar-refractivity contribution >= 4 is 11.0 Å². The zero-order valence-corrected chi connectivity index (χ0v) is 10.8. The molecule has 2 rings (SSSR count). The number of nitrogens with zero attached hydrogens (tertiary/aromatic N) is 2. The van der Waals surface area contributed by atoms with E-state index in [0.717, 1.165) is 32.5 Å². The third-order valence-corrected chi connectivity index (χ3v) is 3.29. The standard InChI is InChI=1S/C14H22N3/c1-3-16-11-17(4-2)14-10-12(6-5-9-15)7-8-13(14)16/h7-8,10-11H,3-6,9,15H2,1-2H3/q+1. The van der Waals surface area contributed by atoms with Crippen molar-refractivity contribution in [3.05, 3.63) is 30.1 Å². The smallest absolute Gasteiger partial charge is 0.244 e. The SMILES string of the molecule is CCn1c[n+](CC)c2ccc(CCCN)cc21. The molecular formula is C14H22N3+. The normalized spacial score (nSPS) is 11.2. The number of nitrogens with two attached hydrogens (primary N) is 1. The van der Waals surface area contributed by atoms with Crippen LogP contribution in [0.15, 0.2) is 24.5 Å². The van der Waals surface area contributed by atoms with E-state index in [9.17, 15) is 0 Å². The lowest BCUT2D eigenvalue weighted by atomic mass is 10.1. The summed E-state index contributed by atoms with van der Waals surface area (Å²) in [6, 6.07) is 6.77. The molecule has 2 N–H and O–H groups in total. The molecular weight excluding hydrogens is 210 g/mol. The molecule has 3 nitrogen and oxygen atoms in total. The Balaban J connectivity index is 2.44. The van der Waals surface area contributed by atoms with Gasteiger partial charge in [0.05, 0.1) is 13.1 Å². The van der Waals surface area contributed by atoms with Crippen LogP contribution in [-0.2, 0) is 19.5 Å². The molecule has 1 heterocycles. The Morgan fingerprint density at radius 1 is 1.29 bits per heavy atom. The first-order valence-corrected chi connectivity index (χ1v) is 6.51. The maximum absolute atomic E-state index is 5.56.